The molecule has 0 bridgehead atoms. The van der Waals surface area contributed by atoms with E-state index in [1.54, 1.807) is 0 Å². The zero-order valence-corrected chi connectivity index (χ0v) is 10.1. The van der Waals surface area contributed by atoms with Crippen molar-refractivity contribution >= 4 is 0 Å². The highest BCUT2D eigenvalue weighted by molar-refractivity contribution is 4.90. The molecule has 0 aromatic rings. The number of hydrogen-bond acceptors (Lipinski definition) is 0. The third-order valence-corrected chi connectivity index (χ3v) is 3.96. The average molecular weight is 182 g/mol. The molecule has 0 aromatic carbocycles. The molecule has 78 valence electrons. The van der Waals surface area contributed by atoms with Crippen molar-refractivity contribution in [2.24, 2.45) is 16.7 Å². The molecule has 1 saturated carbocycles. The fraction of sp³-hybridized carbons (Fsp3) is 1.00. The topological polar surface area (TPSA) is 0 Å². The molecule has 0 radical (unpaired) electrons. The van der Waals surface area contributed by atoms with Crippen molar-refractivity contribution in [3.63, 3.8) is 0 Å². The fourth-order valence-electron chi connectivity index (χ4n) is 3.41. The van der Waals surface area contributed by atoms with E-state index < -0.39 is 0 Å². The van der Waals surface area contributed by atoms with Gasteiger partial charge in [0.25, 0.3) is 0 Å². The van der Waals surface area contributed by atoms with E-state index in [-0.39, 0.29) is 0 Å². The lowest BCUT2D eigenvalue weighted by molar-refractivity contribution is 0.0496. The lowest BCUT2D eigenvalue weighted by Crippen LogP contribution is -2.35. The average Bonchev–Trinajstić information content (AvgIpc) is 2.01. The van der Waals surface area contributed by atoms with Gasteiger partial charge >= 0.3 is 0 Å². The lowest BCUT2D eigenvalue weighted by atomic mass is 9.59. The van der Waals surface area contributed by atoms with Crippen LogP contribution in [0.4, 0.5) is 0 Å². The molecular formula is C13H26. The van der Waals surface area contributed by atoms with Crippen molar-refractivity contribution in [1.82, 2.24) is 0 Å². The highest BCUT2D eigenvalue weighted by atomic mass is 14.4. The fourth-order valence-corrected chi connectivity index (χ4v) is 3.41. The van der Waals surface area contributed by atoms with Crippen LogP contribution in [0.2, 0.25) is 0 Å². The van der Waals surface area contributed by atoms with E-state index in [2.05, 4.69) is 34.6 Å². The standard InChI is InChI=1S/C13H26/c1-6-11-8-12(3,4)10-13(5,7-2)9-11/h11H,6-10H2,1-5H3. The molecule has 0 heteroatoms. The van der Waals surface area contributed by atoms with Gasteiger partial charge in [-0.3, -0.25) is 0 Å². The van der Waals surface area contributed by atoms with E-state index in [1.807, 2.05) is 0 Å². The highest BCUT2D eigenvalue weighted by Gasteiger charge is 2.39. The Morgan fingerprint density at radius 1 is 1.08 bits per heavy atom. The molecule has 0 saturated heterocycles. The second-order valence-electron chi connectivity index (χ2n) is 6.19. The molecule has 1 aliphatic rings. The monoisotopic (exact) mass is 182 g/mol. The van der Waals surface area contributed by atoms with Gasteiger partial charge in [0.2, 0.25) is 0 Å². The van der Waals surface area contributed by atoms with Crippen molar-refractivity contribution in [2.75, 3.05) is 0 Å². The van der Waals surface area contributed by atoms with Crippen molar-refractivity contribution < 1.29 is 0 Å². The van der Waals surface area contributed by atoms with Crippen LogP contribution in [-0.2, 0) is 0 Å². The van der Waals surface area contributed by atoms with E-state index in [4.69, 9.17) is 0 Å². The molecule has 0 heterocycles. The smallest absolute Gasteiger partial charge is 0.0321 e. The Balaban J connectivity index is 2.71. The van der Waals surface area contributed by atoms with E-state index in [9.17, 15) is 0 Å². The summed E-state index contributed by atoms with van der Waals surface area (Å²) in [5.41, 5.74) is 1.21. The number of hydrogen-bond donors (Lipinski definition) is 0. The van der Waals surface area contributed by atoms with Gasteiger partial charge in [0.05, 0.1) is 0 Å². The molecule has 0 aliphatic heterocycles. The van der Waals surface area contributed by atoms with Gasteiger partial charge in [0.1, 0.15) is 0 Å². The molecule has 1 fully saturated rings. The van der Waals surface area contributed by atoms with Crippen LogP contribution in [0, 0.1) is 16.7 Å². The minimum atomic E-state index is 0.587. The van der Waals surface area contributed by atoms with Crippen LogP contribution in [-0.4, -0.2) is 0 Å². The predicted molar refractivity (Wildman–Crippen MR) is 59.8 cm³/mol. The van der Waals surface area contributed by atoms with Crippen LogP contribution in [0.5, 0.6) is 0 Å². The summed E-state index contributed by atoms with van der Waals surface area (Å²) in [6.45, 7) is 12.1. The first kappa shape index (κ1) is 11.1. The Bertz CT molecular complexity index is 169. The number of rotatable bonds is 2. The van der Waals surface area contributed by atoms with Crippen LogP contribution >= 0.6 is 0 Å². The van der Waals surface area contributed by atoms with Gasteiger partial charge in [0.15, 0.2) is 0 Å². The summed E-state index contributed by atoms with van der Waals surface area (Å²) >= 11 is 0. The van der Waals surface area contributed by atoms with E-state index >= 15 is 0 Å². The van der Waals surface area contributed by atoms with Crippen LogP contribution in [0.3, 0.4) is 0 Å². The Morgan fingerprint density at radius 2 is 1.69 bits per heavy atom. The van der Waals surface area contributed by atoms with Gasteiger partial charge < -0.3 is 0 Å². The van der Waals surface area contributed by atoms with E-state index in [0.717, 1.165) is 5.92 Å². The van der Waals surface area contributed by atoms with Gasteiger partial charge in [-0.25, -0.2) is 0 Å². The summed E-state index contributed by atoms with van der Waals surface area (Å²) < 4.78 is 0. The minimum Gasteiger partial charge on any atom is -0.0651 e. The zero-order valence-electron chi connectivity index (χ0n) is 10.1. The van der Waals surface area contributed by atoms with Crippen LogP contribution in [0.25, 0.3) is 0 Å². The van der Waals surface area contributed by atoms with Crippen LogP contribution < -0.4 is 0 Å². The van der Waals surface area contributed by atoms with Crippen LogP contribution in [0.15, 0.2) is 0 Å². The highest BCUT2D eigenvalue weighted by Crippen LogP contribution is 2.50. The molecule has 0 spiro atoms. The quantitative estimate of drug-likeness (QED) is 0.583. The van der Waals surface area contributed by atoms with Crippen LogP contribution in [0.1, 0.15) is 66.7 Å². The summed E-state index contributed by atoms with van der Waals surface area (Å²) in [5.74, 6) is 0.980. The van der Waals surface area contributed by atoms with E-state index in [0.29, 0.717) is 10.8 Å². The summed E-state index contributed by atoms with van der Waals surface area (Å²) in [6.07, 6.45) is 7.06. The molecule has 13 heavy (non-hydrogen) atoms. The Kier molecular flexibility index (Phi) is 3.09. The minimum absolute atomic E-state index is 0.587. The normalized spacial score (nSPS) is 39.0. The predicted octanol–water partition coefficient (Wildman–Crippen LogP) is 4.64. The summed E-state index contributed by atoms with van der Waals surface area (Å²) in [5, 5.41) is 0. The molecule has 2 unspecified atom stereocenters. The third-order valence-electron chi connectivity index (χ3n) is 3.96. The molecule has 0 N–H and O–H groups in total. The maximum absolute atomic E-state index is 2.48. The van der Waals surface area contributed by atoms with Crippen molar-refractivity contribution in [3.05, 3.63) is 0 Å². The molecule has 0 aromatic heterocycles. The summed E-state index contributed by atoms with van der Waals surface area (Å²) in [7, 11) is 0. The van der Waals surface area contributed by atoms with Crippen molar-refractivity contribution in [3.8, 4) is 0 Å². The molecule has 0 amide bonds. The second kappa shape index (κ2) is 3.63. The Morgan fingerprint density at radius 3 is 2.15 bits per heavy atom. The van der Waals surface area contributed by atoms with Gasteiger partial charge in [-0.1, -0.05) is 47.5 Å². The molecule has 1 aliphatic carbocycles. The summed E-state index contributed by atoms with van der Waals surface area (Å²) in [6, 6.07) is 0. The molecule has 1 rings (SSSR count). The molecular weight excluding hydrogens is 156 g/mol. The summed E-state index contributed by atoms with van der Waals surface area (Å²) in [4.78, 5) is 0. The largest absolute Gasteiger partial charge is 0.0651 e. The van der Waals surface area contributed by atoms with Gasteiger partial charge in [0, 0.05) is 0 Å². The van der Waals surface area contributed by atoms with E-state index in [1.165, 1.54) is 32.1 Å². The zero-order chi connectivity index (χ0) is 10.1. The first-order chi connectivity index (χ1) is 5.91. The first-order valence-corrected chi connectivity index (χ1v) is 5.91. The second-order valence-corrected chi connectivity index (χ2v) is 6.19. The molecule has 2 atom stereocenters. The van der Waals surface area contributed by atoms with Gasteiger partial charge in [-0.05, 0) is 36.0 Å². The molecule has 0 nitrogen and oxygen atoms in total. The third kappa shape index (κ3) is 2.72. The lowest BCUT2D eigenvalue weighted by Gasteiger charge is -2.46. The maximum Gasteiger partial charge on any atom is -0.0321 e. The van der Waals surface area contributed by atoms with Gasteiger partial charge in [-0.2, -0.15) is 0 Å². The van der Waals surface area contributed by atoms with Gasteiger partial charge in [-0.15, -0.1) is 0 Å². The Hall–Kier alpha value is 0. The SMILES string of the molecule is CCC1CC(C)(C)CC(C)(CC)C1. The van der Waals surface area contributed by atoms with Crippen molar-refractivity contribution in [2.45, 2.75) is 66.7 Å². The van der Waals surface area contributed by atoms with Crippen molar-refractivity contribution in [1.29, 1.82) is 0 Å². The maximum atomic E-state index is 2.48. The Labute approximate surface area is 84.1 Å². The first-order valence-electron chi connectivity index (χ1n) is 5.91.